The number of hydrogen-bond acceptors (Lipinski definition) is 5. The van der Waals surface area contributed by atoms with E-state index in [1.54, 1.807) is 0 Å². The van der Waals surface area contributed by atoms with Crippen LogP contribution in [-0.2, 0) is 0 Å². The highest BCUT2D eigenvalue weighted by molar-refractivity contribution is 6.16. The van der Waals surface area contributed by atoms with Gasteiger partial charge in [-0.1, -0.05) is 109 Å². The molecule has 6 heteroatoms. The first kappa shape index (κ1) is 40.4. The number of aromatic amines is 1. The lowest BCUT2D eigenvalue weighted by molar-refractivity contribution is 0.115. The van der Waals surface area contributed by atoms with Crippen molar-refractivity contribution in [2.24, 2.45) is 5.73 Å². The fourth-order valence-electron chi connectivity index (χ4n) is 9.44. The van der Waals surface area contributed by atoms with Gasteiger partial charge in [-0.3, -0.25) is 4.90 Å². The van der Waals surface area contributed by atoms with Gasteiger partial charge in [0.25, 0.3) is 0 Å². The summed E-state index contributed by atoms with van der Waals surface area (Å²) in [5, 5.41) is 2.40. The highest BCUT2D eigenvalue weighted by Gasteiger charge is 2.38. The molecule has 0 fully saturated rings. The fraction of sp³-hybridized carbons (Fsp3) is 0.222. The van der Waals surface area contributed by atoms with E-state index in [4.69, 9.17) is 5.73 Å². The van der Waals surface area contributed by atoms with Gasteiger partial charge in [0.1, 0.15) is 0 Å². The molecule has 7 aromatic carbocycles. The van der Waals surface area contributed by atoms with E-state index in [1.807, 2.05) is 0 Å². The summed E-state index contributed by atoms with van der Waals surface area (Å²) in [6.45, 7) is 17.5. The smallest absolute Gasteiger partial charge is 0.0864 e. The van der Waals surface area contributed by atoms with Gasteiger partial charge in [0.2, 0.25) is 0 Å². The normalized spacial score (nSPS) is 12.2. The van der Waals surface area contributed by atoms with Crippen LogP contribution in [0.1, 0.15) is 58.8 Å². The number of anilines is 7. The predicted octanol–water partition coefficient (Wildman–Crippen LogP) is 14.2. The van der Waals surface area contributed by atoms with Crippen molar-refractivity contribution in [3.63, 3.8) is 0 Å². The first-order valence-corrected chi connectivity index (χ1v) is 21.5. The molecule has 1 heterocycles. The number of aromatic nitrogens is 1. The third-order valence-electron chi connectivity index (χ3n) is 11.9. The maximum Gasteiger partial charge on any atom is 0.0864 e. The van der Waals surface area contributed by atoms with E-state index in [2.05, 4.69) is 237 Å². The number of H-pyrrole nitrogens is 1. The average Bonchev–Trinajstić information content (AvgIpc) is 3.66. The molecule has 8 aromatic rings. The van der Waals surface area contributed by atoms with Crippen molar-refractivity contribution in [1.29, 1.82) is 0 Å². The summed E-state index contributed by atoms with van der Waals surface area (Å²) in [4.78, 5) is 13.9. The Bertz CT molecular complexity index is 2580. The predicted molar refractivity (Wildman–Crippen MR) is 258 cm³/mol. The molecule has 60 heavy (non-hydrogen) atoms. The first-order valence-electron chi connectivity index (χ1n) is 21.5. The molecule has 0 bridgehead atoms. The van der Waals surface area contributed by atoms with Crippen LogP contribution in [0.4, 0.5) is 39.8 Å². The number of fused-ring (bicyclic) bond motifs is 3. The lowest BCUT2D eigenvalue weighted by Crippen LogP contribution is -2.45. The molecule has 1 atom stereocenters. The number of nitrogens with zero attached hydrogens (tertiary/aromatic N) is 4. The van der Waals surface area contributed by atoms with Crippen molar-refractivity contribution >= 4 is 61.6 Å². The van der Waals surface area contributed by atoms with Crippen LogP contribution in [0.5, 0.6) is 0 Å². The second-order valence-corrected chi connectivity index (χ2v) is 16.1. The summed E-state index contributed by atoms with van der Waals surface area (Å²) in [5.74, 6) is 0. The Hall–Kier alpha value is -6.34. The molecule has 0 radical (unpaired) electrons. The second-order valence-electron chi connectivity index (χ2n) is 16.1. The van der Waals surface area contributed by atoms with E-state index in [0.717, 1.165) is 80.5 Å². The number of rotatable bonds is 14. The van der Waals surface area contributed by atoms with Gasteiger partial charge in [-0.05, 0) is 109 Å². The van der Waals surface area contributed by atoms with Gasteiger partial charge in [-0.2, -0.15) is 0 Å². The maximum absolute atomic E-state index is 7.92. The minimum atomic E-state index is -0.464. The van der Waals surface area contributed by atoms with E-state index in [0.29, 0.717) is 0 Å². The lowest BCUT2D eigenvalue weighted by Gasteiger charge is -2.43. The molecule has 0 saturated heterocycles. The number of benzene rings is 7. The molecule has 0 aliphatic heterocycles. The lowest BCUT2D eigenvalue weighted by atomic mass is 9.87. The standard InChI is InChI=1S/C54H58N6/c1-8-57(9-2)51-39(7)48(54(55)58(37(3)4)38(5)6)52(59(40-25-14-10-15-26-40)41-27-16-11-17-28-41)53(60(42-29-18-12-19-30-42)43-31-20-13-21-32-43)49(51)46-35-24-34-45-44-33-22-23-36-47(44)56-50(45)46/h10-38,54,56H,8-9,55H2,1-7H3. The van der Waals surface area contributed by atoms with Crippen LogP contribution in [-0.4, -0.2) is 35.1 Å². The number of nitrogens with two attached hydrogens (primary N) is 1. The minimum absolute atomic E-state index is 0.175. The quantitative estimate of drug-likeness (QED) is 0.107. The zero-order valence-electron chi connectivity index (χ0n) is 36.1. The fourth-order valence-corrected chi connectivity index (χ4v) is 9.44. The van der Waals surface area contributed by atoms with E-state index in [9.17, 15) is 0 Å². The number of hydrogen-bond donors (Lipinski definition) is 2. The molecule has 0 aliphatic rings. The Morgan fingerprint density at radius 2 is 0.933 bits per heavy atom. The van der Waals surface area contributed by atoms with Crippen molar-refractivity contribution in [3.8, 4) is 11.1 Å². The molecule has 6 nitrogen and oxygen atoms in total. The summed E-state index contributed by atoms with van der Waals surface area (Å²) in [6.07, 6.45) is -0.464. The Labute approximate surface area is 356 Å². The van der Waals surface area contributed by atoms with Crippen LogP contribution in [0.25, 0.3) is 32.9 Å². The zero-order chi connectivity index (χ0) is 41.9. The average molecular weight is 791 g/mol. The van der Waals surface area contributed by atoms with E-state index >= 15 is 0 Å². The molecule has 0 aliphatic carbocycles. The molecule has 8 rings (SSSR count). The summed E-state index contributed by atoms with van der Waals surface area (Å²) in [7, 11) is 0. The third kappa shape index (κ3) is 7.31. The van der Waals surface area contributed by atoms with Crippen LogP contribution >= 0.6 is 0 Å². The van der Waals surface area contributed by atoms with E-state index in [1.165, 1.54) is 16.5 Å². The van der Waals surface area contributed by atoms with Crippen molar-refractivity contribution in [2.75, 3.05) is 27.8 Å². The van der Waals surface area contributed by atoms with Gasteiger partial charge < -0.3 is 25.4 Å². The largest absolute Gasteiger partial charge is 0.371 e. The summed E-state index contributed by atoms with van der Waals surface area (Å²) in [5.41, 5.74) is 22.1. The highest BCUT2D eigenvalue weighted by Crippen LogP contribution is 2.58. The van der Waals surface area contributed by atoms with Crippen molar-refractivity contribution in [3.05, 3.63) is 175 Å². The molecule has 0 spiro atoms. The third-order valence-corrected chi connectivity index (χ3v) is 11.9. The summed E-state index contributed by atoms with van der Waals surface area (Å²) >= 11 is 0. The monoisotopic (exact) mass is 790 g/mol. The number of nitrogens with one attached hydrogen (secondary N) is 1. The molecule has 1 aromatic heterocycles. The van der Waals surface area contributed by atoms with Gasteiger partial charge in [0, 0.05) is 80.9 Å². The van der Waals surface area contributed by atoms with Crippen LogP contribution in [0, 0.1) is 6.92 Å². The van der Waals surface area contributed by atoms with Gasteiger partial charge in [0.15, 0.2) is 0 Å². The SMILES string of the molecule is CCN(CC)c1c(C)c(C(N)N(C(C)C)C(C)C)c(N(c2ccccc2)c2ccccc2)c(N(c2ccccc2)c2ccccc2)c1-c1cccc2c1[nH]c1ccccc12. The van der Waals surface area contributed by atoms with Crippen LogP contribution in [0.3, 0.4) is 0 Å². The first-order chi connectivity index (χ1) is 29.2. The van der Waals surface area contributed by atoms with Crippen LogP contribution in [0.2, 0.25) is 0 Å². The van der Waals surface area contributed by atoms with Gasteiger partial charge in [0.05, 0.1) is 28.7 Å². The minimum Gasteiger partial charge on any atom is -0.371 e. The molecule has 1 unspecified atom stereocenters. The van der Waals surface area contributed by atoms with Crippen molar-refractivity contribution in [2.45, 2.75) is 66.7 Å². The van der Waals surface area contributed by atoms with Gasteiger partial charge in [-0.15, -0.1) is 0 Å². The van der Waals surface area contributed by atoms with E-state index < -0.39 is 6.17 Å². The maximum atomic E-state index is 7.92. The molecule has 0 saturated carbocycles. The Balaban J connectivity index is 1.70. The Morgan fingerprint density at radius 3 is 1.40 bits per heavy atom. The highest BCUT2D eigenvalue weighted by atomic mass is 15.3. The zero-order valence-corrected chi connectivity index (χ0v) is 36.1. The molecular formula is C54H58N6. The second kappa shape index (κ2) is 17.5. The van der Waals surface area contributed by atoms with Crippen LogP contribution < -0.4 is 20.4 Å². The van der Waals surface area contributed by atoms with Crippen molar-refractivity contribution < 1.29 is 0 Å². The Morgan fingerprint density at radius 1 is 0.500 bits per heavy atom. The summed E-state index contributed by atoms with van der Waals surface area (Å²) in [6, 6.07) is 59.0. The molecule has 304 valence electrons. The molecular weight excluding hydrogens is 733 g/mol. The molecule has 0 amide bonds. The Kier molecular flexibility index (Phi) is 11.8. The summed E-state index contributed by atoms with van der Waals surface area (Å²) < 4.78 is 0. The van der Waals surface area contributed by atoms with Crippen LogP contribution in [0.15, 0.2) is 164 Å². The van der Waals surface area contributed by atoms with E-state index in [-0.39, 0.29) is 12.1 Å². The van der Waals surface area contributed by atoms with Gasteiger partial charge in [-0.25, -0.2) is 0 Å². The number of para-hydroxylation sites is 6. The topological polar surface area (TPSA) is 54.8 Å². The molecule has 3 N–H and O–H groups in total. The van der Waals surface area contributed by atoms with Gasteiger partial charge >= 0.3 is 0 Å². The van der Waals surface area contributed by atoms with Crippen molar-refractivity contribution in [1.82, 2.24) is 9.88 Å².